The van der Waals surface area contributed by atoms with Crippen molar-refractivity contribution < 1.29 is 24.0 Å². The SMILES string of the molecule is C=C(C)C[N+]1=C(N/N=C/c2ccc(O)c(OCC)c2)N=C2C1C(=O)N(C)C(=O)N2C. The molecule has 1 saturated heterocycles. The van der Waals surface area contributed by atoms with Gasteiger partial charge in [0.05, 0.1) is 19.4 Å². The quantitative estimate of drug-likeness (QED) is 0.312. The van der Waals surface area contributed by atoms with E-state index in [9.17, 15) is 14.7 Å². The van der Waals surface area contributed by atoms with Crippen LogP contribution in [0.25, 0.3) is 0 Å². The topological polar surface area (TPSA) is 110 Å². The number of hydrogen-bond acceptors (Lipinski definition) is 7. The van der Waals surface area contributed by atoms with Crippen LogP contribution in [0.5, 0.6) is 11.5 Å². The fourth-order valence-electron chi connectivity index (χ4n) is 3.19. The van der Waals surface area contributed by atoms with Crippen LogP contribution in [0.15, 0.2) is 40.4 Å². The van der Waals surface area contributed by atoms with Gasteiger partial charge >= 0.3 is 12.0 Å². The number of carbonyl (C=O) groups excluding carboxylic acids is 2. The summed E-state index contributed by atoms with van der Waals surface area (Å²) in [7, 11) is 3.02. The molecule has 2 N–H and O–H groups in total. The number of nitrogens with zero attached hydrogens (tertiary/aromatic N) is 5. The lowest BCUT2D eigenvalue weighted by Gasteiger charge is -2.31. The predicted octanol–water partition coefficient (Wildman–Crippen LogP) is 0.963. The molecule has 1 fully saturated rings. The van der Waals surface area contributed by atoms with E-state index in [1.807, 2.05) is 13.8 Å². The minimum absolute atomic E-state index is 0.0468. The third kappa shape index (κ3) is 3.88. The second-order valence-corrected chi connectivity index (χ2v) is 7.05. The largest absolute Gasteiger partial charge is 0.504 e. The molecule has 0 saturated carbocycles. The minimum atomic E-state index is -0.731. The number of rotatable bonds is 6. The molecule has 3 amide bonds. The van der Waals surface area contributed by atoms with Crippen LogP contribution in [0.2, 0.25) is 0 Å². The maximum Gasteiger partial charge on any atom is 0.414 e. The third-order valence-corrected chi connectivity index (χ3v) is 4.63. The summed E-state index contributed by atoms with van der Waals surface area (Å²) in [5.41, 5.74) is 4.37. The number of likely N-dealkylation sites (N-methyl/N-ethyl adjacent to an activating group) is 2. The number of nitrogens with one attached hydrogen (secondary N) is 1. The number of fused-ring (bicyclic) bond motifs is 1. The van der Waals surface area contributed by atoms with E-state index < -0.39 is 12.1 Å². The average molecular weight is 413 g/mol. The number of ether oxygens (including phenoxy) is 1. The Balaban J connectivity index is 1.88. The Morgan fingerprint density at radius 2 is 2.13 bits per heavy atom. The Kier molecular flexibility index (Phi) is 5.86. The monoisotopic (exact) mass is 413 g/mol. The lowest BCUT2D eigenvalue weighted by atomic mass is 10.1. The molecule has 10 nitrogen and oxygen atoms in total. The molecule has 1 atom stereocenters. The zero-order valence-corrected chi connectivity index (χ0v) is 17.4. The number of urea groups is 1. The minimum Gasteiger partial charge on any atom is -0.504 e. The van der Waals surface area contributed by atoms with Crippen molar-refractivity contribution in [3.05, 3.63) is 35.9 Å². The first-order valence-corrected chi connectivity index (χ1v) is 9.41. The smallest absolute Gasteiger partial charge is 0.414 e. The number of imide groups is 1. The molecule has 158 valence electrons. The molecule has 0 spiro atoms. The number of aromatic hydroxyl groups is 1. The second-order valence-electron chi connectivity index (χ2n) is 7.05. The fourth-order valence-corrected chi connectivity index (χ4v) is 3.19. The molecular weight excluding hydrogens is 388 g/mol. The Bertz CT molecular complexity index is 997. The number of carbonyl (C=O) groups is 2. The van der Waals surface area contributed by atoms with Crippen LogP contribution < -0.4 is 10.2 Å². The Morgan fingerprint density at radius 3 is 2.80 bits per heavy atom. The number of hydrogen-bond donors (Lipinski definition) is 2. The standard InChI is InChI=1S/C20H24N6O4/c1-6-30-15-9-13(7-8-14(15)27)10-21-23-19-22-17-16(26(19)11-12(2)3)18(28)25(5)20(29)24(17)4/h7-10,16H,2,6,11H2,1,3-5H3,(H,21,27)/p+1. The molecular formula is C20H25N6O4+. The molecule has 0 radical (unpaired) electrons. The molecule has 2 aliphatic rings. The number of guanidine groups is 1. The van der Waals surface area contributed by atoms with Gasteiger partial charge in [0.25, 0.3) is 5.91 Å². The van der Waals surface area contributed by atoms with Crippen LogP contribution in [0.4, 0.5) is 4.79 Å². The first-order valence-electron chi connectivity index (χ1n) is 9.41. The van der Waals surface area contributed by atoms with Crippen LogP contribution in [0, 0.1) is 0 Å². The molecule has 2 heterocycles. The van der Waals surface area contributed by atoms with Crippen LogP contribution in [0.1, 0.15) is 19.4 Å². The molecule has 0 aromatic heterocycles. The summed E-state index contributed by atoms with van der Waals surface area (Å²) in [5, 5.41) is 14.0. The Hall–Kier alpha value is -3.69. The number of benzene rings is 1. The van der Waals surface area contributed by atoms with Gasteiger partial charge in [-0.05, 0) is 43.2 Å². The highest BCUT2D eigenvalue weighted by Crippen LogP contribution is 2.26. The second kappa shape index (κ2) is 8.36. The number of phenols is 1. The van der Waals surface area contributed by atoms with Gasteiger partial charge in [-0.2, -0.15) is 5.43 Å². The van der Waals surface area contributed by atoms with E-state index in [4.69, 9.17) is 4.74 Å². The van der Waals surface area contributed by atoms with E-state index in [1.54, 1.807) is 30.0 Å². The van der Waals surface area contributed by atoms with Crippen LogP contribution in [0.3, 0.4) is 0 Å². The molecule has 1 unspecified atom stereocenters. The maximum absolute atomic E-state index is 12.7. The van der Waals surface area contributed by atoms with Crippen molar-refractivity contribution in [1.29, 1.82) is 0 Å². The first kappa shape index (κ1) is 21.0. The lowest BCUT2D eigenvalue weighted by molar-refractivity contribution is -0.529. The van der Waals surface area contributed by atoms with Gasteiger partial charge in [0.1, 0.15) is 0 Å². The highest BCUT2D eigenvalue weighted by molar-refractivity contribution is 6.22. The summed E-state index contributed by atoms with van der Waals surface area (Å²) in [4.78, 5) is 31.9. The van der Waals surface area contributed by atoms with Crippen molar-refractivity contribution in [3.8, 4) is 11.5 Å². The lowest BCUT2D eigenvalue weighted by Crippen LogP contribution is -2.61. The highest BCUT2D eigenvalue weighted by atomic mass is 16.5. The highest BCUT2D eigenvalue weighted by Gasteiger charge is 2.51. The van der Waals surface area contributed by atoms with Gasteiger partial charge in [0.15, 0.2) is 11.5 Å². The summed E-state index contributed by atoms with van der Waals surface area (Å²) in [6, 6.07) is 3.69. The number of amidine groups is 1. The van der Waals surface area contributed by atoms with Crippen molar-refractivity contribution >= 4 is 29.9 Å². The van der Waals surface area contributed by atoms with Crippen molar-refractivity contribution in [3.63, 3.8) is 0 Å². The normalized spacial score (nSPS) is 18.8. The molecule has 30 heavy (non-hydrogen) atoms. The predicted molar refractivity (Wildman–Crippen MR) is 112 cm³/mol. The first-order chi connectivity index (χ1) is 14.2. The van der Waals surface area contributed by atoms with Gasteiger partial charge in [0.2, 0.25) is 11.9 Å². The number of aliphatic imine (C=N–C) groups is 1. The van der Waals surface area contributed by atoms with Crippen LogP contribution in [-0.2, 0) is 4.79 Å². The van der Waals surface area contributed by atoms with Crippen LogP contribution >= 0.6 is 0 Å². The van der Waals surface area contributed by atoms with Gasteiger partial charge in [0, 0.05) is 14.1 Å². The molecule has 1 aromatic rings. The molecule has 2 aliphatic heterocycles. The van der Waals surface area contributed by atoms with Crippen molar-refractivity contribution in [2.45, 2.75) is 19.9 Å². The fraction of sp³-hybridized carbons (Fsp3) is 0.350. The third-order valence-electron chi connectivity index (χ3n) is 4.63. The zero-order chi connectivity index (χ0) is 22.0. The average Bonchev–Trinajstić information content (AvgIpc) is 3.05. The van der Waals surface area contributed by atoms with E-state index >= 15 is 0 Å². The van der Waals surface area contributed by atoms with Gasteiger partial charge in [-0.25, -0.2) is 9.37 Å². The molecule has 0 aliphatic carbocycles. The van der Waals surface area contributed by atoms with Gasteiger partial charge < -0.3 is 9.84 Å². The molecule has 10 heteroatoms. The molecule has 3 rings (SSSR count). The number of hydrazone groups is 1. The van der Waals surface area contributed by atoms with E-state index in [2.05, 4.69) is 22.1 Å². The maximum atomic E-state index is 12.7. The summed E-state index contributed by atoms with van der Waals surface area (Å²) in [5.74, 6) is 0.718. The van der Waals surface area contributed by atoms with E-state index in [-0.39, 0.29) is 11.7 Å². The zero-order valence-electron chi connectivity index (χ0n) is 17.4. The summed E-state index contributed by atoms with van der Waals surface area (Å²) < 4.78 is 7.09. The summed E-state index contributed by atoms with van der Waals surface area (Å²) in [6.45, 7) is 8.38. The van der Waals surface area contributed by atoms with Gasteiger partial charge in [-0.15, -0.1) is 5.10 Å². The summed E-state index contributed by atoms with van der Waals surface area (Å²) >= 11 is 0. The van der Waals surface area contributed by atoms with E-state index in [0.29, 0.717) is 36.3 Å². The van der Waals surface area contributed by atoms with Crippen LogP contribution in [-0.4, -0.2) is 82.7 Å². The Labute approximate surface area is 174 Å². The van der Waals surface area contributed by atoms with Crippen molar-refractivity contribution in [2.75, 3.05) is 27.2 Å². The Morgan fingerprint density at radius 1 is 1.40 bits per heavy atom. The van der Waals surface area contributed by atoms with E-state index in [1.165, 1.54) is 18.0 Å². The number of phenolic OH excluding ortho intramolecular Hbond substituents is 1. The van der Waals surface area contributed by atoms with Gasteiger partial charge in [-0.3, -0.25) is 14.6 Å². The number of amides is 3. The summed E-state index contributed by atoms with van der Waals surface area (Å²) in [6.07, 6.45) is 1.54. The van der Waals surface area contributed by atoms with Gasteiger partial charge in [-0.1, -0.05) is 11.6 Å². The molecule has 1 aromatic carbocycles. The van der Waals surface area contributed by atoms with Crippen molar-refractivity contribution in [1.82, 2.24) is 15.2 Å². The van der Waals surface area contributed by atoms with E-state index in [0.717, 1.165) is 10.5 Å². The molecule has 0 bridgehead atoms. The van der Waals surface area contributed by atoms with Crippen molar-refractivity contribution in [2.24, 2.45) is 10.1 Å².